The van der Waals surface area contributed by atoms with Gasteiger partial charge < -0.3 is 10.2 Å². The molecular weight excluding hydrogens is 138 g/mol. The Balaban J connectivity index is 2.68. The smallest absolute Gasteiger partial charge is 0.108 e. The molecule has 2 nitrogen and oxygen atoms in total. The molecule has 62 valence electrons. The highest BCUT2D eigenvalue weighted by Gasteiger charge is 2.05. The second kappa shape index (κ2) is 3.58. The lowest BCUT2D eigenvalue weighted by Gasteiger charge is -2.02. The van der Waals surface area contributed by atoms with E-state index in [1.807, 2.05) is 6.07 Å². The van der Waals surface area contributed by atoms with Crippen molar-refractivity contribution in [1.82, 2.24) is 0 Å². The Labute approximate surface area is 67.4 Å². The summed E-state index contributed by atoms with van der Waals surface area (Å²) in [5, 5.41) is 0. The molecule has 0 bridgehead atoms. The fourth-order valence-electron chi connectivity index (χ4n) is 1.10. The Morgan fingerprint density at radius 3 is 2.82 bits per heavy atom. The highest BCUT2D eigenvalue weighted by atomic mass is 16.3. The molecule has 0 radical (unpaired) electrons. The maximum atomic E-state index is 5.51. The lowest BCUT2D eigenvalue weighted by molar-refractivity contribution is 0.468. The van der Waals surface area contributed by atoms with Crippen molar-refractivity contribution in [2.24, 2.45) is 11.7 Å². The van der Waals surface area contributed by atoms with Gasteiger partial charge in [0.1, 0.15) is 5.76 Å². The molecule has 1 aromatic rings. The monoisotopic (exact) mass is 153 g/mol. The minimum atomic E-state index is 0.582. The summed E-state index contributed by atoms with van der Waals surface area (Å²) in [4.78, 5) is 0. The maximum Gasteiger partial charge on any atom is 0.108 e. The minimum absolute atomic E-state index is 0.582. The van der Waals surface area contributed by atoms with E-state index in [0.717, 1.165) is 17.7 Å². The molecule has 0 spiro atoms. The molecule has 1 aromatic heterocycles. The van der Waals surface area contributed by atoms with Gasteiger partial charge in [0.05, 0.1) is 6.26 Å². The van der Waals surface area contributed by atoms with Crippen LogP contribution in [0.1, 0.15) is 25.2 Å². The van der Waals surface area contributed by atoms with E-state index in [4.69, 9.17) is 10.2 Å². The molecular formula is C9H15NO. The van der Waals surface area contributed by atoms with E-state index in [1.54, 1.807) is 6.26 Å². The van der Waals surface area contributed by atoms with Gasteiger partial charge in [-0.1, -0.05) is 13.8 Å². The molecule has 0 aromatic carbocycles. The van der Waals surface area contributed by atoms with Crippen molar-refractivity contribution >= 4 is 0 Å². The van der Waals surface area contributed by atoms with Crippen LogP contribution in [0, 0.1) is 5.92 Å². The van der Waals surface area contributed by atoms with Crippen LogP contribution in [0.15, 0.2) is 16.7 Å². The molecule has 0 aliphatic carbocycles. The van der Waals surface area contributed by atoms with Crippen LogP contribution in [0.4, 0.5) is 0 Å². The quantitative estimate of drug-likeness (QED) is 0.720. The number of hydrogen-bond donors (Lipinski definition) is 1. The summed E-state index contributed by atoms with van der Waals surface area (Å²) in [7, 11) is 0. The van der Waals surface area contributed by atoms with Gasteiger partial charge in [-0.25, -0.2) is 0 Å². The van der Waals surface area contributed by atoms with Gasteiger partial charge in [-0.05, 0) is 12.0 Å². The number of hydrogen-bond acceptors (Lipinski definition) is 2. The van der Waals surface area contributed by atoms with Crippen LogP contribution >= 0.6 is 0 Å². The Hall–Kier alpha value is -0.760. The fourth-order valence-corrected chi connectivity index (χ4v) is 1.10. The SMILES string of the molecule is CC(C)Cc1occc1CN. The summed E-state index contributed by atoms with van der Waals surface area (Å²) in [5.41, 5.74) is 6.65. The van der Waals surface area contributed by atoms with Gasteiger partial charge in [0, 0.05) is 18.5 Å². The first-order valence-electron chi connectivity index (χ1n) is 3.99. The average Bonchev–Trinajstić information content (AvgIpc) is 2.34. The zero-order chi connectivity index (χ0) is 8.27. The van der Waals surface area contributed by atoms with E-state index in [-0.39, 0.29) is 0 Å². The van der Waals surface area contributed by atoms with E-state index < -0.39 is 0 Å². The Bertz CT molecular complexity index is 215. The topological polar surface area (TPSA) is 39.2 Å². The van der Waals surface area contributed by atoms with Gasteiger partial charge in [-0.2, -0.15) is 0 Å². The molecule has 0 saturated carbocycles. The van der Waals surface area contributed by atoms with Crippen LogP contribution in [0.25, 0.3) is 0 Å². The van der Waals surface area contributed by atoms with E-state index in [0.29, 0.717) is 12.5 Å². The molecule has 0 amide bonds. The number of furan rings is 1. The highest BCUT2D eigenvalue weighted by molar-refractivity contribution is 5.16. The second-order valence-electron chi connectivity index (χ2n) is 3.17. The predicted molar refractivity (Wildman–Crippen MR) is 45.1 cm³/mol. The first kappa shape index (κ1) is 8.34. The largest absolute Gasteiger partial charge is 0.469 e. The van der Waals surface area contributed by atoms with E-state index >= 15 is 0 Å². The van der Waals surface area contributed by atoms with Gasteiger partial charge >= 0.3 is 0 Å². The third-order valence-electron chi connectivity index (χ3n) is 1.65. The Morgan fingerprint density at radius 2 is 2.27 bits per heavy atom. The molecule has 0 aliphatic heterocycles. The van der Waals surface area contributed by atoms with Crippen LogP contribution in [-0.2, 0) is 13.0 Å². The number of rotatable bonds is 3. The zero-order valence-electron chi connectivity index (χ0n) is 7.13. The predicted octanol–water partition coefficient (Wildman–Crippen LogP) is 1.94. The Morgan fingerprint density at radius 1 is 1.55 bits per heavy atom. The zero-order valence-corrected chi connectivity index (χ0v) is 7.13. The maximum absolute atomic E-state index is 5.51. The molecule has 0 saturated heterocycles. The first-order chi connectivity index (χ1) is 5.24. The molecule has 0 atom stereocenters. The molecule has 0 aliphatic rings. The Kier molecular flexibility index (Phi) is 2.71. The van der Waals surface area contributed by atoms with Gasteiger partial charge in [0.15, 0.2) is 0 Å². The summed E-state index contributed by atoms with van der Waals surface area (Å²) < 4.78 is 5.29. The molecule has 1 rings (SSSR count). The summed E-state index contributed by atoms with van der Waals surface area (Å²) in [6, 6.07) is 1.94. The molecule has 0 unspecified atom stereocenters. The number of nitrogens with two attached hydrogens (primary N) is 1. The van der Waals surface area contributed by atoms with Gasteiger partial charge in [0.25, 0.3) is 0 Å². The van der Waals surface area contributed by atoms with Gasteiger partial charge in [-0.3, -0.25) is 0 Å². The second-order valence-corrected chi connectivity index (χ2v) is 3.17. The van der Waals surface area contributed by atoms with Gasteiger partial charge in [-0.15, -0.1) is 0 Å². The standard InChI is InChI=1S/C9H15NO/c1-7(2)5-9-8(6-10)3-4-11-9/h3-4,7H,5-6,10H2,1-2H3. The van der Waals surface area contributed by atoms with Crippen LogP contribution in [0.2, 0.25) is 0 Å². The van der Waals surface area contributed by atoms with E-state index in [2.05, 4.69) is 13.8 Å². The molecule has 2 heteroatoms. The van der Waals surface area contributed by atoms with Crippen molar-refractivity contribution in [1.29, 1.82) is 0 Å². The van der Waals surface area contributed by atoms with Crippen LogP contribution in [-0.4, -0.2) is 0 Å². The normalized spacial score (nSPS) is 10.9. The van der Waals surface area contributed by atoms with E-state index in [9.17, 15) is 0 Å². The third-order valence-corrected chi connectivity index (χ3v) is 1.65. The van der Waals surface area contributed by atoms with Crippen molar-refractivity contribution in [3.05, 3.63) is 23.7 Å². The molecule has 0 fully saturated rings. The van der Waals surface area contributed by atoms with Crippen molar-refractivity contribution < 1.29 is 4.42 Å². The fraction of sp³-hybridized carbons (Fsp3) is 0.556. The molecule has 2 N–H and O–H groups in total. The molecule has 1 heterocycles. The van der Waals surface area contributed by atoms with Crippen LogP contribution in [0.5, 0.6) is 0 Å². The lowest BCUT2D eigenvalue weighted by Crippen LogP contribution is -2.01. The summed E-state index contributed by atoms with van der Waals surface area (Å²) in [6.45, 7) is 4.92. The average molecular weight is 153 g/mol. The van der Waals surface area contributed by atoms with Crippen molar-refractivity contribution in [2.75, 3.05) is 0 Å². The lowest BCUT2D eigenvalue weighted by atomic mass is 10.1. The molecule has 11 heavy (non-hydrogen) atoms. The van der Waals surface area contributed by atoms with E-state index in [1.165, 1.54) is 0 Å². The van der Waals surface area contributed by atoms with Crippen molar-refractivity contribution in [3.8, 4) is 0 Å². The summed E-state index contributed by atoms with van der Waals surface area (Å²) >= 11 is 0. The van der Waals surface area contributed by atoms with Crippen molar-refractivity contribution in [3.63, 3.8) is 0 Å². The highest BCUT2D eigenvalue weighted by Crippen LogP contribution is 2.14. The van der Waals surface area contributed by atoms with Crippen LogP contribution in [0.3, 0.4) is 0 Å². The summed E-state index contributed by atoms with van der Waals surface area (Å²) in [6.07, 6.45) is 2.69. The summed E-state index contributed by atoms with van der Waals surface area (Å²) in [5.74, 6) is 1.67. The minimum Gasteiger partial charge on any atom is -0.469 e. The first-order valence-corrected chi connectivity index (χ1v) is 3.99. The van der Waals surface area contributed by atoms with Crippen LogP contribution < -0.4 is 5.73 Å². The van der Waals surface area contributed by atoms with Crippen molar-refractivity contribution in [2.45, 2.75) is 26.8 Å². The van der Waals surface area contributed by atoms with Gasteiger partial charge in [0.2, 0.25) is 0 Å². The third kappa shape index (κ3) is 2.09.